The van der Waals surface area contributed by atoms with Crippen molar-refractivity contribution >= 4 is 23.5 Å². The van der Waals surface area contributed by atoms with E-state index in [2.05, 4.69) is 38.8 Å². The lowest BCUT2D eigenvalue weighted by atomic mass is 10.1. The van der Waals surface area contributed by atoms with Gasteiger partial charge in [0.1, 0.15) is 12.3 Å². The van der Waals surface area contributed by atoms with Crippen LogP contribution in [0.15, 0.2) is 79.6 Å². The third-order valence-corrected chi connectivity index (χ3v) is 9.82. The predicted octanol–water partition coefficient (Wildman–Crippen LogP) is 6.29. The molecule has 0 bridgehead atoms. The van der Waals surface area contributed by atoms with E-state index in [4.69, 9.17) is 14.7 Å². The van der Waals surface area contributed by atoms with Crippen LogP contribution in [0.5, 0.6) is 0 Å². The zero-order valence-electron chi connectivity index (χ0n) is 29.7. The quantitative estimate of drug-likeness (QED) is 0.107. The maximum absolute atomic E-state index is 13.9. The Kier molecular flexibility index (Phi) is 10.7. The highest BCUT2D eigenvalue weighted by atomic mass is 16.5. The molecule has 0 spiro atoms. The third kappa shape index (κ3) is 7.92. The van der Waals surface area contributed by atoms with Crippen LogP contribution in [0.4, 0.5) is 16.6 Å². The van der Waals surface area contributed by atoms with E-state index in [0.29, 0.717) is 36.1 Å². The number of carbonyl (C=O) groups excluding carboxylic acids is 1. The molecule has 2 fully saturated rings. The number of rotatable bonds is 13. The molecule has 1 aromatic carbocycles. The normalized spacial score (nSPS) is 18.1. The Bertz CT molecular complexity index is 2060. The molecule has 13 heteroatoms. The molecular weight excluding hydrogens is 655 g/mol. The van der Waals surface area contributed by atoms with Crippen LogP contribution >= 0.6 is 0 Å². The van der Waals surface area contributed by atoms with Gasteiger partial charge in [0.25, 0.3) is 5.82 Å². The minimum atomic E-state index is -0.180. The van der Waals surface area contributed by atoms with Crippen molar-refractivity contribution in [2.24, 2.45) is 18.9 Å². The summed E-state index contributed by atoms with van der Waals surface area (Å²) < 4.78 is 11.0. The van der Waals surface area contributed by atoms with E-state index in [9.17, 15) is 10.1 Å². The predicted molar refractivity (Wildman–Crippen MR) is 197 cm³/mol. The number of urea groups is 1. The van der Waals surface area contributed by atoms with Gasteiger partial charge in [-0.2, -0.15) is 20.0 Å². The molecule has 2 unspecified atom stereocenters. The number of nitriles is 1. The summed E-state index contributed by atoms with van der Waals surface area (Å²) in [5.74, 6) is 1.61. The van der Waals surface area contributed by atoms with E-state index < -0.39 is 0 Å². The number of pyridine rings is 1. The summed E-state index contributed by atoms with van der Waals surface area (Å²) in [6.07, 6.45) is 16.4. The SMILES string of the molecule is CCCC1/C(=[N+](/C(=O)NCc2ccccc2)c2ccc(-c3cnn(C)c3)cn2)C1CCCNc1ncc(C#N)c(-c2cnn(C3CCOCC3)c2)n1. The van der Waals surface area contributed by atoms with Gasteiger partial charge in [0.2, 0.25) is 5.95 Å². The van der Waals surface area contributed by atoms with Crippen LogP contribution in [-0.4, -0.2) is 70.6 Å². The van der Waals surface area contributed by atoms with E-state index in [1.54, 1.807) is 21.7 Å². The van der Waals surface area contributed by atoms with Crippen LogP contribution < -0.4 is 10.6 Å². The van der Waals surface area contributed by atoms with Crippen molar-refractivity contribution in [3.63, 3.8) is 0 Å². The van der Waals surface area contributed by atoms with Crippen molar-refractivity contribution in [1.82, 2.24) is 39.8 Å². The van der Waals surface area contributed by atoms with Crippen molar-refractivity contribution < 1.29 is 14.1 Å². The number of nitrogens with one attached hydrogen (secondary N) is 2. The number of nitrogens with zero attached hydrogens (tertiary/aromatic N) is 9. The Labute approximate surface area is 303 Å². The van der Waals surface area contributed by atoms with Crippen molar-refractivity contribution in [2.45, 2.75) is 58.0 Å². The molecule has 0 radical (unpaired) electrons. The fourth-order valence-corrected chi connectivity index (χ4v) is 7.07. The first-order valence-electron chi connectivity index (χ1n) is 18.1. The molecular formula is C39H44N11O2+. The molecule has 5 heterocycles. The van der Waals surface area contributed by atoms with Crippen LogP contribution in [0.25, 0.3) is 22.4 Å². The van der Waals surface area contributed by atoms with Crippen molar-refractivity contribution in [2.75, 3.05) is 25.1 Å². The second-order valence-electron chi connectivity index (χ2n) is 13.4. The van der Waals surface area contributed by atoms with Crippen LogP contribution in [0, 0.1) is 23.2 Å². The molecule has 2 aliphatic rings. The van der Waals surface area contributed by atoms with Gasteiger partial charge in [0.05, 0.1) is 48.1 Å². The highest BCUT2D eigenvalue weighted by Crippen LogP contribution is 2.43. The van der Waals surface area contributed by atoms with Gasteiger partial charge in [0.15, 0.2) is 0 Å². The average molecular weight is 699 g/mol. The summed E-state index contributed by atoms with van der Waals surface area (Å²) in [5, 5.41) is 25.2. The molecule has 266 valence electrons. The van der Waals surface area contributed by atoms with Gasteiger partial charge >= 0.3 is 6.03 Å². The smallest absolute Gasteiger partial charge is 0.381 e. The summed E-state index contributed by atoms with van der Waals surface area (Å²) in [6.45, 7) is 4.70. The number of ether oxygens (including phenoxy) is 1. The monoisotopic (exact) mass is 698 g/mol. The zero-order chi connectivity index (χ0) is 35.9. The second-order valence-corrected chi connectivity index (χ2v) is 13.4. The summed E-state index contributed by atoms with van der Waals surface area (Å²) in [5.41, 5.74) is 5.82. The minimum absolute atomic E-state index is 0.180. The molecule has 2 atom stereocenters. The zero-order valence-corrected chi connectivity index (χ0v) is 29.7. The van der Waals surface area contributed by atoms with E-state index in [0.717, 1.165) is 79.7 Å². The van der Waals surface area contributed by atoms with Crippen molar-refractivity contribution in [3.8, 4) is 28.5 Å². The fourth-order valence-electron chi connectivity index (χ4n) is 7.07. The topological polar surface area (TPSA) is 151 Å². The Morgan fingerprint density at radius 3 is 2.50 bits per heavy atom. The highest BCUT2D eigenvalue weighted by Gasteiger charge is 2.50. The number of aromatic nitrogens is 7. The number of anilines is 1. The maximum atomic E-state index is 13.9. The van der Waals surface area contributed by atoms with Crippen LogP contribution in [0.1, 0.15) is 62.6 Å². The molecule has 4 aromatic heterocycles. The second kappa shape index (κ2) is 16.1. The first kappa shape index (κ1) is 34.7. The molecule has 7 rings (SSSR count). The maximum Gasteiger partial charge on any atom is 0.441 e. The molecule has 1 saturated heterocycles. The number of carbonyl (C=O) groups is 1. The van der Waals surface area contributed by atoms with Crippen molar-refractivity contribution in [3.05, 3.63) is 90.8 Å². The van der Waals surface area contributed by atoms with Crippen molar-refractivity contribution in [1.29, 1.82) is 5.26 Å². The Morgan fingerprint density at radius 2 is 1.77 bits per heavy atom. The Balaban J connectivity index is 1.06. The molecule has 13 nitrogen and oxygen atoms in total. The molecule has 1 aliphatic heterocycles. The molecule has 2 N–H and O–H groups in total. The van der Waals surface area contributed by atoms with Crippen LogP contribution in [-0.2, 0) is 18.3 Å². The lowest BCUT2D eigenvalue weighted by Crippen LogP contribution is -2.32. The lowest BCUT2D eigenvalue weighted by molar-refractivity contribution is -0.337. The van der Waals surface area contributed by atoms with Crippen LogP contribution in [0.2, 0.25) is 0 Å². The van der Waals surface area contributed by atoms with E-state index in [1.807, 2.05) is 79.0 Å². The molecule has 1 aliphatic carbocycles. The highest BCUT2D eigenvalue weighted by molar-refractivity contribution is 6.03. The van der Waals surface area contributed by atoms with Gasteiger partial charge in [0, 0.05) is 73.8 Å². The molecule has 52 heavy (non-hydrogen) atoms. The number of hydrogen-bond donors (Lipinski definition) is 2. The summed E-state index contributed by atoms with van der Waals surface area (Å²) >= 11 is 0. The summed E-state index contributed by atoms with van der Waals surface area (Å²) in [4.78, 5) is 27.9. The average Bonchev–Trinajstić information content (AvgIpc) is 3.48. The van der Waals surface area contributed by atoms with E-state index in [1.165, 1.54) is 0 Å². The largest absolute Gasteiger partial charge is 0.441 e. The summed E-state index contributed by atoms with van der Waals surface area (Å²) in [7, 11) is 1.89. The number of aryl methyl sites for hydroxylation is 1. The van der Waals surface area contributed by atoms with E-state index >= 15 is 0 Å². The first-order chi connectivity index (χ1) is 25.5. The Morgan fingerprint density at radius 1 is 0.962 bits per heavy atom. The summed E-state index contributed by atoms with van der Waals surface area (Å²) in [6, 6.07) is 16.2. The fraction of sp³-hybridized carbons (Fsp3) is 0.385. The molecule has 1 saturated carbocycles. The van der Waals surface area contributed by atoms with Gasteiger partial charge in [-0.15, -0.1) is 4.98 Å². The standard InChI is InChI=1S/C39H43N11O2/c1-3-8-33-34(11-7-16-41-38-43-22-29(19-40)36(47-38)31-24-46-49(26-31)32-14-17-52-18-15-32)37(33)50(39(51)44-20-27-9-5-4-6-10-27)35-13-12-28(21-42-35)30-23-45-48(2)25-30/h4-6,9-10,12-13,21-26,32-34H,3,7-8,11,14-18,20H2,1-2H3,(H-,41,43,44,47,51)/p+1/b50-37-. The lowest BCUT2D eigenvalue weighted by Gasteiger charge is -2.22. The van der Waals surface area contributed by atoms with E-state index in [-0.39, 0.29) is 23.9 Å². The van der Waals surface area contributed by atoms with Crippen LogP contribution in [0.3, 0.4) is 0 Å². The molecule has 5 aromatic rings. The van der Waals surface area contributed by atoms with Gasteiger partial charge in [-0.25, -0.2) is 14.8 Å². The Hall–Kier alpha value is -5.74. The number of amides is 2. The third-order valence-electron chi connectivity index (χ3n) is 9.82. The first-order valence-corrected chi connectivity index (χ1v) is 18.1. The minimum Gasteiger partial charge on any atom is -0.381 e. The number of hydrogen-bond acceptors (Lipinski definition) is 9. The van der Waals surface area contributed by atoms with Gasteiger partial charge in [-0.1, -0.05) is 43.7 Å². The van der Waals surface area contributed by atoms with Gasteiger partial charge in [-0.3, -0.25) is 14.7 Å². The molecule has 2 amide bonds. The van der Waals surface area contributed by atoms with Gasteiger partial charge in [-0.05, 0) is 43.7 Å². The number of benzene rings is 1. The van der Waals surface area contributed by atoms with Gasteiger partial charge < -0.3 is 10.1 Å².